The molecule has 0 spiro atoms. The molecule has 0 fully saturated rings. The van der Waals surface area contributed by atoms with Crippen LogP contribution in [0.4, 0.5) is 34.1 Å². The van der Waals surface area contributed by atoms with Gasteiger partial charge in [0.25, 0.3) is 0 Å². The largest absolute Gasteiger partial charge is 0.310 e. The van der Waals surface area contributed by atoms with Crippen LogP contribution < -0.4 is 9.80 Å². The van der Waals surface area contributed by atoms with E-state index in [4.69, 9.17) is 0 Å². The highest BCUT2D eigenvalue weighted by Gasteiger charge is 2.36. The second-order valence-corrected chi connectivity index (χ2v) is 17.7. The first-order valence-corrected chi connectivity index (χ1v) is 22.6. The second-order valence-electron chi connectivity index (χ2n) is 17.7. The van der Waals surface area contributed by atoms with E-state index in [0.29, 0.717) is 0 Å². The van der Waals surface area contributed by atoms with Crippen LogP contribution >= 0.6 is 0 Å². The van der Waals surface area contributed by atoms with E-state index in [2.05, 4.69) is 266 Å². The lowest BCUT2D eigenvalue weighted by atomic mass is 9.82. The lowest BCUT2D eigenvalue weighted by Gasteiger charge is -2.30. The Kier molecular flexibility index (Phi) is 9.21. The van der Waals surface area contributed by atoms with Crippen molar-refractivity contribution in [1.82, 2.24) is 0 Å². The van der Waals surface area contributed by atoms with Gasteiger partial charge in [0, 0.05) is 38.9 Å². The van der Waals surface area contributed by atoms with Crippen molar-refractivity contribution in [1.29, 1.82) is 0 Å². The van der Waals surface area contributed by atoms with Gasteiger partial charge in [0.05, 0.1) is 11.4 Å². The van der Waals surface area contributed by atoms with Gasteiger partial charge in [-0.3, -0.25) is 0 Å². The summed E-state index contributed by atoms with van der Waals surface area (Å²) in [5.74, 6) is 0. The Balaban J connectivity index is 0.976. The summed E-state index contributed by atoms with van der Waals surface area (Å²) in [5, 5.41) is 7.28. The van der Waals surface area contributed by atoms with Crippen molar-refractivity contribution in [2.75, 3.05) is 9.80 Å². The number of rotatable bonds is 8. The Hall–Kier alpha value is -8.20. The maximum absolute atomic E-state index is 2.49. The van der Waals surface area contributed by atoms with E-state index in [-0.39, 0.29) is 5.41 Å². The molecule has 0 radical (unpaired) electrons. The fourth-order valence-corrected chi connectivity index (χ4v) is 10.4. The van der Waals surface area contributed by atoms with E-state index >= 15 is 0 Å². The van der Waals surface area contributed by atoms with Gasteiger partial charge in [-0.05, 0) is 127 Å². The molecule has 0 saturated carbocycles. The van der Waals surface area contributed by atoms with E-state index in [9.17, 15) is 0 Å². The Labute approximate surface area is 380 Å². The van der Waals surface area contributed by atoms with Gasteiger partial charge in [-0.1, -0.05) is 196 Å². The van der Waals surface area contributed by atoms with E-state index < -0.39 is 0 Å². The summed E-state index contributed by atoms with van der Waals surface area (Å²) >= 11 is 0. The molecule has 1 aliphatic rings. The SMILES string of the molecule is CC1(C)c2ccccc2-c2ccc(N(c3cccc4ccccc34)c3ccc(-c4ccc(N(c5ccc(-c6ccccc6)cc5)c5ccc6ccccc6c5)cc4)c4ccccc34)cc21. The van der Waals surface area contributed by atoms with Crippen molar-refractivity contribution in [2.45, 2.75) is 19.3 Å². The minimum absolute atomic E-state index is 0.125. The number of hydrogen-bond donors (Lipinski definition) is 0. The first-order chi connectivity index (χ1) is 32.0. The second kappa shape index (κ2) is 15.6. The van der Waals surface area contributed by atoms with Crippen molar-refractivity contribution >= 4 is 66.4 Å². The molecular weight excluding hydrogens is 785 g/mol. The summed E-state index contributed by atoms with van der Waals surface area (Å²) in [4.78, 5) is 4.85. The van der Waals surface area contributed by atoms with Crippen molar-refractivity contribution in [3.8, 4) is 33.4 Å². The van der Waals surface area contributed by atoms with Crippen LogP contribution in [0.15, 0.2) is 243 Å². The standard InChI is InChI=1S/C63H46N2/c1-63(2)59-25-13-12-23-56(59)57-38-37-52(42-60(57)63)65(61-26-14-20-46-18-8-9-21-54(46)61)62-40-39-53(55-22-10-11-24-58(55)62)47-30-34-50(35-31-47)64(51-36-29-44-17-6-7-19-48(44)41-51)49-32-27-45(28-33-49)43-15-4-3-5-16-43/h3-42H,1-2H3. The fourth-order valence-electron chi connectivity index (χ4n) is 10.4. The zero-order valence-electron chi connectivity index (χ0n) is 36.5. The minimum atomic E-state index is -0.125. The van der Waals surface area contributed by atoms with Crippen molar-refractivity contribution in [2.24, 2.45) is 0 Å². The van der Waals surface area contributed by atoms with Crippen LogP contribution in [0.2, 0.25) is 0 Å². The zero-order valence-corrected chi connectivity index (χ0v) is 36.5. The Bertz CT molecular complexity index is 3560. The van der Waals surface area contributed by atoms with E-state index in [1.54, 1.807) is 0 Å². The summed E-state index contributed by atoms with van der Waals surface area (Å²) in [7, 11) is 0. The van der Waals surface area contributed by atoms with Crippen molar-refractivity contribution in [3.63, 3.8) is 0 Å². The quantitative estimate of drug-likeness (QED) is 0.151. The molecule has 0 bridgehead atoms. The summed E-state index contributed by atoms with van der Waals surface area (Å²) in [5.41, 5.74) is 16.8. The Morgan fingerprint density at radius 2 is 0.800 bits per heavy atom. The smallest absolute Gasteiger partial charge is 0.0540 e. The third-order valence-corrected chi connectivity index (χ3v) is 13.6. The molecular formula is C63H46N2. The third kappa shape index (κ3) is 6.57. The highest BCUT2D eigenvalue weighted by molar-refractivity contribution is 6.09. The predicted octanol–water partition coefficient (Wildman–Crippen LogP) is 17.7. The molecule has 308 valence electrons. The van der Waals surface area contributed by atoms with Gasteiger partial charge in [-0.25, -0.2) is 0 Å². The van der Waals surface area contributed by atoms with Gasteiger partial charge >= 0.3 is 0 Å². The molecule has 65 heavy (non-hydrogen) atoms. The summed E-state index contributed by atoms with van der Waals surface area (Å²) in [6.45, 7) is 4.73. The van der Waals surface area contributed by atoms with Gasteiger partial charge in [0.2, 0.25) is 0 Å². The molecule has 2 heteroatoms. The molecule has 2 nitrogen and oxygen atoms in total. The van der Waals surface area contributed by atoms with Crippen molar-refractivity contribution < 1.29 is 0 Å². The van der Waals surface area contributed by atoms with Crippen LogP contribution in [0, 0.1) is 0 Å². The fraction of sp³-hybridized carbons (Fsp3) is 0.0476. The Morgan fingerprint density at radius 1 is 0.277 bits per heavy atom. The molecule has 11 aromatic rings. The first-order valence-electron chi connectivity index (χ1n) is 22.6. The number of hydrogen-bond acceptors (Lipinski definition) is 2. The maximum atomic E-state index is 2.49. The lowest BCUT2D eigenvalue weighted by molar-refractivity contribution is 0.660. The molecule has 0 atom stereocenters. The van der Waals surface area contributed by atoms with Gasteiger partial charge in [-0.15, -0.1) is 0 Å². The topological polar surface area (TPSA) is 6.48 Å². The highest BCUT2D eigenvalue weighted by Crippen LogP contribution is 2.52. The molecule has 11 aromatic carbocycles. The van der Waals surface area contributed by atoms with Crippen LogP contribution in [-0.2, 0) is 5.41 Å². The van der Waals surface area contributed by atoms with Gasteiger partial charge in [-0.2, -0.15) is 0 Å². The molecule has 0 unspecified atom stereocenters. The monoisotopic (exact) mass is 830 g/mol. The first kappa shape index (κ1) is 38.5. The van der Waals surface area contributed by atoms with E-state index in [1.807, 2.05) is 0 Å². The summed E-state index contributed by atoms with van der Waals surface area (Å²) < 4.78 is 0. The summed E-state index contributed by atoms with van der Waals surface area (Å²) in [6.07, 6.45) is 0. The highest BCUT2D eigenvalue weighted by atomic mass is 15.1. The molecule has 0 N–H and O–H groups in total. The van der Waals surface area contributed by atoms with Crippen molar-refractivity contribution in [3.05, 3.63) is 254 Å². The molecule has 0 aliphatic heterocycles. The molecule has 0 saturated heterocycles. The molecule has 12 rings (SSSR count). The molecule has 0 heterocycles. The minimum Gasteiger partial charge on any atom is -0.310 e. The number of anilines is 6. The Morgan fingerprint density at radius 3 is 1.58 bits per heavy atom. The summed E-state index contributed by atoms with van der Waals surface area (Å²) in [6, 6.07) is 88.9. The average molecular weight is 831 g/mol. The van der Waals surface area contributed by atoms with Crippen LogP contribution in [0.25, 0.3) is 65.7 Å². The molecule has 1 aliphatic carbocycles. The molecule has 0 aromatic heterocycles. The normalized spacial score (nSPS) is 12.6. The predicted molar refractivity (Wildman–Crippen MR) is 277 cm³/mol. The molecule has 0 amide bonds. The average Bonchev–Trinajstić information content (AvgIpc) is 3.60. The lowest BCUT2D eigenvalue weighted by Crippen LogP contribution is -2.16. The van der Waals surface area contributed by atoms with E-state index in [1.165, 1.54) is 76.8 Å². The maximum Gasteiger partial charge on any atom is 0.0540 e. The number of benzene rings is 11. The van der Waals surface area contributed by atoms with Crippen LogP contribution in [-0.4, -0.2) is 0 Å². The number of fused-ring (bicyclic) bond motifs is 6. The van der Waals surface area contributed by atoms with Crippen LogP contribution in [0.1, 0.15) is 25.0 Å². The van der Waals surface area contributed by atoms with Gasteiger partial charge in [0.15, 0.2) is 0 Å². The van der Waals surface area contributed by atoms with Crippen LogP contribution in [0.3, 0.4) is 0 Å². The van der Waals surface area contributed by atoms with Crippen LogP contribution in [0.5, 0.6) is 0 Å². The third-order valence-electron chi connectivity index (χ3n) is 13.6. The zero-order chi connectivity index (χ0) is 43.5. The number of nitrogens with zero attached hydrogens (tertiary/aromatic N) is 2. The van der Waals surface area contributed by atoms with Gasteiger partial charge < -0.3 is 9.80 Å². The van der Waals surface area contributed by atoms with E-state index in [0.717, 1.165) is 34.1 Å². The van der Waals surface area contributed by atoms with Gasteiger partial charge in [0.1, 0.15) is 0 Å².